The second kappa shape index (κ2) is 9.01. The van der Waals surface area contributed by atoms with Gasteiger partial charge in [-0.25, -0.2) is 0 Å². The van der Waals surface area contributed by atoms with Gasteiger partial charge in [0, 0.05) is 29.6 Å². The normalized spacial score (nSPS) is 9.82. The average molecular weight is 170 g/mol. The van der Waals surface area contributed by atoms with Crippen LogP contribution in [0.4, 0.5) is 0 Å². The molecule has 0 heterocycles. The number of quaternary nitrogens is 1. The number of rotatable bonds is 4. The molecule has 0 aromatic rings. The molecule has 0 unspecified atom stereocenters. The van der Waals surface area contributed by atoms with Gasteiger partial charge in [0.15, 0.2) is 0 Å². The molecule has 0 fully saturated rings. The van der Waals surface area contributed by atoms with Gasteiger partial charge in [-0.1, -0.05) is 0 Å². The summed E-state index contributed by atoms with van der Waals surface area (Å²) >= 11 is 0. The van der Waals surface area contributed by atoms with Crippen LogP contribution in [-0.2, 0) is 0 Å². The van der Waals surface area contributed by atoms with E-state index in [-0.39, 0.29) is 35.0 Å². The summed E-state index contributed by atoms with van der Waals surface area (Å²) in [5, 5.41) is 0. The molecule has 0 spiro atoms. The van der Waals surface area contributed by atoms with E-state index >= 15 is 0 Å². The van der Waals surface area contributed by atoms with Crippen LogP contribution in [0.15, 0.2) is 0 Å². The molecule has 0 aliphatic heterocycles. The van der Waals surface area contributed by atoms with Gasteiger partial charge in [0.2, 0.25) is 0 Å². The molecular formula is C8H21NNaO. The summed E-state index contributed by atoms with van der Waals surface area (Å²) in [5.41, 5.74) is 0. The van der Waals surface area contributed by atoms with Crippen molar-refractivity contribution in [1.29, 1.82) is 0 Å². The first kappa shape index (κ1) is 17.9. The Morgan fingerprint density at radius 3 is 0.909 bits per heavy atom. The topological polar surface area (TPSA) is 30.0 Å². The molecule has 0 amide bonds. The van der Waals surface area contributed by atoms with Crippen molar-refractivity contribution in [3.63, 3.8) is 0 Å². The molecule has 1 radical (unpaired) electrons. The zero-order chi connectivity index (χ0) is 7.33. The number of hydrogen-bond acceptors (Lipinski definition) is 1. The predicted molar refractivity (Wildman–Crippen MR) is 50.1 cm³/mol. The molecule has 0 saturated carbocycles. The minimum atomic E-state index is 0. The van der Waals surface area contributed by atoms with Crippen LogP contribution >= 0.6 is 0 Å². The average Bonchev–Trinajstić information content (AvgIpc) is 1.95. The van der Waals surface area contributed by atoms with E-state index in [1.165, 1.54) is 30.7 Å². The van der Waals surface area contributed by atoms with E-state index in [9.17, 15) is 0 Å². The second-order valence-electron chi connectivity index (χ2n) is 2.61. The zero-order valence-corrected chi connectivity index (χ0v) is 10.7. The van der Waals surface area contributed by atoms with Gasteiger partial charge in [-0.15, -0.1) is 0 Å². The zero-order valence-electron chi connectivity index (χ0n) is 8.72. The van der Waals surface area contributed by atoms with E-state index in [0.717, 1.165) is 0 Å². The Morgan fingerprint density at radius 1 is 0.727 bits per heavy atom. The van der Waals surface area contributed by atoms with Crippen LogP contribution in [0.25, 0.3) is 0 Å². The first-order valence-corrected chi connectivity index (χ1v) is 4.09. The van der Waals surface area contributed by atoms with Crippen LogP contribution < -0.4 is 0 Å². The van der Waals surface area contributed by atoms with Crippen LogP contribution in [0.3, 0.4) is 0 Å². The maximum atomic E-state index is 2.27. The third kappa shape index (κ3) is 5.21. The Kier molecular flexibility index (Phi) is 14.6. The Bertz CT molecular complexity index is 57.0. The maximum Gasteiger partial charge on any atom is 0.0757 e. The third-order valence-electron chi connectivity index (χ3n) is 2.68. The summed E-state index contributed by atoms with van der Waals surface area (Å²) in [7, 11) is 0. The van der Waals surface area contributed by atoms with Crippen molar-refractivity contribution in [2.24, 2.45) is 0 Å². The maximum absolute atomic E-state index is 2.27. The van der Waals surface area contributed by atoms with E-state index in [0.29, 0.717) is 0 Å². The molecular weight excluding hydrogens is 149 g/mol. The molecule has 0 bridgehead atoms. The first-order chi connectivity index (χ1) is 4.24. The standard InChI is InChI=1S/C8H20N.Na.H2O/c1-5-9(6-2,7-3)8-4;;/h5-8H2,1-4H3;;1H2/q+1;;/p-1. The van der Waals surface area contributed by atoms with Gasteiger partial charge in [-0.3, -0.25) is 0 Å². The molecule has 0 aliphatic carbocycles. The summed E-state index contributed by atoms with van der Waals surface area (Å²) in [6.07, 6.45) is 0. The summed E-state index contributed by atoms with van der Waals surface area (Å²) < 4.78 is 1.28. The summed E-state index contributed by atoms with van der Waals surface area (Å²) in [5.74, 6) is 0. The quantitative estimate of drug-likeness (QED) is 0.462. The van der Waals surface area contributed by atoms with Gasteiger partial charge in [0.1, 0.15) is 0 Å². The van der Waals surface area contributed by atoms with Crippen molar-refractivity contribution in [2.45, 2.75) is 27.7 Å². The fraction of sp³-hybridized carbons (Fsp3) is 1.00. The number of hydrogen-bond donors (Lipinski definition) is 0. The first-order valence-electron chi connectivity index (χ1n) is 4.09. The van der Waals surface area contributed by atoms with Gasteiger partial charge < -0.3 is 9.96 Å². The van der Waals surface area contributed by atoms with Crippen molar-refractivity contribution >= 4 is 29.6 Å². The largest absolute Gasteiger partial charge is 0.870 e. The van der Waals surface area contributed by atoms with Crippen LogP contribution in [0, 0.1) is 0 Å². The molecule has 3 heteroatoms. The van der Waals surface area contributed by atoms with E-state index in [1.807, 2.05) is 0 Å². The van der Waals surface area contributed by atoms with Crippen molar-refractivity contribution in [3.05, 3.63) is 0 Å². The minimum Gasteiger partial charge on any atom is -0.870 e. The third-order valence-corrected chi connectivity index (χ3v) is 2.68. The molecule has 65 valence electrons. The summed E-state index contributed by atoms with van der Waals surface area (Å²) in [6, 6.07) is 0. The predicted octanol–water partition coefficient (Wildman–Crippen LogP) is 1.33. The Hall–Kier alpha value is 0.920. The van der Waals surface area contributed by atoms with Gasteiger partial charge in [0.05, 0.1) is 26.2 Å². The minimum absolute atomic E-state index is 0. The van der Waals surface area contributed by atoms with Crippen LogP contribution in [0.1, 0.15) is 27.7 Å². The second-order valence-corrected chi connectivity index (χ2v) is 2.61. The monoisotopic (exact) mass is 170 g/mol. The molecule has 0 aromatic heterocycles. The van der Waals surface area contributed by atoms with Gasteiger partial charge >= 0.3 is 0 Å². The van der Waals surface area contributed by atoms with Crippen LogP contribution in [-0.4, -0.2) is 65.7 Å². The van der Waals surface area contributed by atoms with Crippen molar-refractivity contribution in [1.82, 2.24) is 0 Å². The molecule has 2 nitrogen and oxygen atoms in total. The van der Waals surface area contributed by atoms with Gasteiger partial charge in [-0.2, -0.15) is 0 Å². The fourth-order valence-electron chi connectivity index (χ4n) is 1.34. The number of nitrogens with zero attached hydrogens (tertiary/aromatic N) is 1. The van der Waals surface area contributed by atoms with Crippen molar-refractivity contribution in [2.75, 3.05) is 26.2 Å². The molecule has 1 N–H and O–H groups in total. The Labute approximate surface area is 93.2 Å². The smallest absolute Gasteiger partial charge is 0.0757 e. The molecule has 11 heavy (non-hydrogen) atoms. The van der Waals surface area contributed by atoms with Crippen molar-refractivity contribution in [3.8, 4) is 0 Å². The molecule has 0 aliphatic rings. The SMILES string of the molecule is CC[N+](CC)(CC)CC.[Na].[OH-]. The molecule has 0 rings (SSSR count). The van der Waals surface area contributed by atoms with E-state index < -0.39 is 0 Å². The van der Waals surface area contributed by atoms with Crippen LogP contribution in [0.5, 0.6) is 0 Å². The molecule has 0 atom stereocenters. The fourth-order valence-corrected chi connectivity index (χ4v) is 1.34. The summed E-state index contributed by atoms with van der Waals surface area (Å²) in [4.78, 5) is 0. The Balaban J connectivity index is -0.000000320. The van der Waals surface area contributed by atoms with Gasteiger partial charge in [0.25, 0.3) is 0 Å². The van der Waals surface area contributed by atoms with E-state index in [4.69, 9.17) is 0 Å². The molecule has 0 aromatic carbocycles. The van der Waals surface area contributed by atoms with E-state index in [2.05, 4.69) is 27.7 Å². The van der Waals surface area contributed by atoms with Crippen LogP contribution in [0.2, 0.25) is 0 Å². The molecule has 0 saturated heterocycles. The van der Waals surface area contributed by atoms with Crippen molar-refractivity contribution < 1.29 is 9.96 Å². The van der Waals surface area contributed by atoms with Gasteiger partial charge in [-0.05, 0) is 27.7 Å². The Morgan fingerprint density at radius 2 is 0.909 bits per heavy atom. The van der Waals surface area contributed by atoms with E-state index in [1.54, 1.807) is 0 Å². The summed E-state index contributed by atoms with van der Waals surface area (Å²) in [6.45, 7) is 14.2.